The topological polar surface area (TPSA) is 132 Å². The van der Waals surface area contributed by atoms with Crippen molar-refractivity contribution in [2.45, 2.75) is 64.3 Å². The van der Waals surface area contributed by atoms with Crippen molar-refractivity contribution in [1.82, 2.24) is 30.1 Å². The van der Waals surface area contributed by atoms with E-state index in [1.807, 2.05) is 29.8 Å². The number of rotatable bonds is 4. The zero-order valence-corrected chi connectivity index (χ0v) is 27.2. The molecule has 3 aliphatic heterocycles. The van der Waals surface area contributed by atoms with Gasteiger partial charge in [0, 0.05) is 63.9 Å². The third-order valence-corrected chi connectivity index (χ3v) is 9.90. The number of aryl methyl sites for hydroxylation is 3. The van der Waals surface area contributed by atoms with Crippen LogP contribution in [0.1, 0.15) is 65.8 Å². The number of amides is 3. The number of carbonyl (C=O) groups is 3. The van der Waals surface area contributed by atoms with Crippen molar-refractivity contribution in [3.63, 3.8) is 0 Å². The van der Waals surface area contributed by atoms with Crippen molar-refractivity contribution in [1.29, 1.82) is 0 Å². The smallest absolute Gasteiger partial charge is 0.276 e. The van der Waals surface area contributed by atoms with Gasteiger partial charge in [0.1, 0.15) is 0 Å². The maximum Gasteiger partial charge on any atom is 0.276 e. The van der Waals surface area contributed by atoms with Crippen molar-refractivity contribution in [3.05, 3.63) is 46.9 Å². The quantitative estimate of drug-likeness (QED) is 0.462. The third-order valence-electron chi connectivity index (χ3n) is 9.90. The highest BCUT2D eigenvalue weighted by atomic mass is 16.5. The van der Waals surface area contributed by atoms with Crippen LogP contribution in [-0.2, 0) is 29.5 Å². The molecule has 2 saturated heterocycles. The molecule has 5 heterocycles. The predicted octanol–water partition coefficient (Wildman–Crippen LogP) is 3.56. The molecule has 0 radical (unpaired) electrons. The largest absolute Gasteiger partial charge is 0.493 e. The Hall–Kier alpha value is -4.35. The molecule has 0 unspecified atom stereocenters. The number of likely N-dealkylation sites (tertiary alicyclic amines) is 1. The maximum absolute atomic E-state index is 13.9. The molecule has 3 amide bonds. The lowest BCUT2D eigenvalue weighted by atomic mass is 9.77. The molecular formula is C34H44N6O6. The first-order chi connectivity index (χ1) is 22.2. The molecule has 2 aromatic heterocycles. The van der Waals surface area contributed by atoms with E-state index in [0.717, 1.165) is 41.6 Å². The van der Waals surface area contributed by atoms with E-state index in [0.29, 0.717) is 75.5 Å². The fourth-order valence-corrected chi connectivity index (χ4v) is 7.47. The molecular weight excluding hydrogens is 588 g/mol. The highest BCUT2D eigenvalue weighted by molar-refractivity contribution is 5.93. The molecule has 4 bridgehead atoms. The number of nitrogens with zero attached hydrogens (tertiary/aromatic N) is 5. The predicted molar refractivity (Wildman–Crippen MR) is 169 cm³/mol. The molecule has 46 heavy (non-hydrogen) atoms. The second-order valence-electron chi connectivity index (χ2n) is 12.9. The monoisotopic (exact) mass is 632 g/mol. The molecule has 12 heteroatoms. The molecule has 12 nitrogen and oxygen atoms in total. The van der Waals surface area contributed by atoms with Gasteiger partial charge < -0.3 is 29.1 Å². The van der Waals surface area contributed by atoms with Crippen molar-refractivity contribution < 1.29 is 28.4 Å². The van der Waals surface area contributed by atoms with Crippen molar-refractivity contribution in [2.75, 3.05) is 40.4 Å². The summed E-state index contributed by atoms with van der Waals surface area (Å²) in [4.78, 5) is 44.2. The van der Waals surface area contributed by atoms with E-state index in [1.165, 1.54) is 0 Å². The second kappa shape index (κ2) is 13.6. The Morgan fingerprint density at radius 3 is 2.63 bits per heavy atom. The Balaban J connectivity index is 1.20. The number of aromatic nitrogens is 3. The van der Waals surface area contributed by atoms with E-state index in [-0.39, 0.29) is 41.3 Å². The van der Waals surface area contributed by atoms with Crippen LogP contribution in [0, 0.1) is 18.8 Å². The van der Waals surface area contributed by atoms with Gasteiger partial charge in [-0.05, 0) is 74.5 Å². The van der Waals surface area contributed by atoms with E-state index >= 15 is 0 Å². The van der Waals surface area contributed by atoms with Gasteiger partial charge in [0.2, 0.25) is 11.8 Å². The van der Waals surface area contributed by atoms with E-state index in [2.05, 4.69) is 21.6 Å². The van der Waals surface area contributed by atoms with Gasteiger partial charge in [-0.15, -0.1) is 0 Å². The Bertz CT molecular complexity index is 1600. The summed E-state index contributed by atoms with van der Waals surface area (Å²) in [6, 6.07) is 5.69. The summed E-state index contributed by atoms with van der Waals surface area (Å²) in [6.45, 7) is 4.19. The molecule has 1 N–H and O–H groups in total. The molecule has 3 atom stereocenters. The number of hydrogen-bond donors (Lipinski definition) is 1. The SMILES string of the molecule is COc1cc2cc(c1OC)CCCNC(=O)CCC[C@H]1[C@@H]3C[C@@H](CN(C(=O)c4cc(-c5cnn(C)c5C)on4)C3)CN1C(=O)CC2. The van der Waals surface area contributed by atoms with E-state index in [1.54, 1.807) is 31.2 Å². The van der Waals surface area contributed by atoms with Crippen LogP contribution < -0.4 is 14.8 Å². The van der Waals surface area contributed by atoms with Crippen LogP contribution in [-0.4, -0.2) is 88.9 Å². The van der Waals surface area contributed by atoms with Gasteiger partial charge in [0.15, 0.2) is 23.0 Å². The van der Waals surface area contributed by atoms with Crippen LogP contribution >= 0.6 is 0 Å². The van der Waals surface area contributed by atoms with Gasteiger partial charge in [-0.1, -0.05) is 11.2 Å². The Labute approximate surface area is 269 Å². The van der Waals surface area contributed by atoms with Gasteiger partial charge >= 0.3 is 0 Å². The normalized spacial score (nSPS) is 22.7. The van der Waals surface area contributed by atoms with Crippen LogP contribution in [0.25, 0.3) is 11.3 Å². The average molecular weight is 633 g/mol. The first-order valence-corrected chi connectivity index (χ1v) is 16.3. The standard InChI is InChI=1S/C34H44N6O6/c1-21-26(17-36-38(21)2)29-16-27(37-46-29)34(43)39-18-23-14-25(20-39)28-8-5-9-31(41)35-12-6-7-24-13-22(10-11-32(42)40(28)19-23)15-30(44-3)33(24)45-4/h13,15-17,23,25,28H,5-12,14,18-20H2,1-4H3,(H,35,41)/t23-,25+,28-/m0/s1. The van der Waals surface area contributed by atoms with Crippen LogP contribution in [0.15, 0.2) is 28.9 Å². The minimum atomic E-state index is -0.164. The van der Waals surface area contributed by atoms with Crippen LogP contribution in [0.2, 0.25) is 0 Å². The van der Waals surface area contributed by atoms with Crippen molar-refractivity contribution in [2.24, 2.45) is 18.9 Å². The van der Waals surface area contributed by atoms with Crippen LogP contribution in [0.5, 0.6) is 11.5 Å². The second-order valence-corrected chi connectivity index (χ2v) is 12.9. The number of benzene rings is 1. The Kier molecular flexibility index (Phi) is 9.32. The number of hydrogen-bond acceptors (Lipinski definition) is 8. The highest BCUT2D eigenvalue weighted by Gasteiger charge is 2.44. The summed E-state index contributed by atoms with van der Waals surface area (Å²) in [5.41, 5.74) is 4.03. The van der Waals surface area contributed by atoms with Gasteiger partial charge in [0.05, 0.1) is 26.0 Å². The zero-order chi connectivity index (χ0) is 32.4. The molecule has 6 rings (SSSR count). The van der Waals surface area contributed by atoms with E-state index in [4.69, 9.17) is 14.0 Å². The summed E-state index contributed by atoms with van der Waals surface area (Å²) in [6.07, 6.45) is 6.92. The molecule has 0 spiro atoms. The molecule has 3 aromatic rings. The minimum Gasteiger partial charge on any atom is -0.493 e. The average Bonchev–Trinajstić information content (AvgIpc) is 3.67. The number of ether oxygens (including phenoxy) is 2. The molecule has 0 saturated carbocycles. The number of carbonyl (C=O) groups excluding carboxylic acids is 3. The van der Waals surface area contributed by atoms with Crippen LogP contribution in [0.3, 0.4) is 0 Å². The highest BCUT2D eigenvalue weighted by Crippen LogP contribution is 2.38. The maximum atomic E-state index is 13.9. The summed E-state index contributed by atoms with van der Waals surface area (Å²) in [5.74, 6) is 2.10. The van der Waals surface area contributed by atoms with Gasteiger partial charge in [-0.2, -0.15) is 5.10 Å². The lowest BCUT2D eigenvalue weighted by Crippen LogP contribution is -2.60. The van der Waals surface area contributed by atoms with Crippen molar-refractivity contribution >= 4 is 17.7 Å². The fourth-order valence-electron chi connectivity index (χ4n) is 7.47. The minimum absolute atomic E-state index is 0.0168. The molecule has 246 valence electrons. The van der Waals surface area contributed by atoms with Gasteiger partial charge in [0.25, 0.3) is 5.91 Å². The third kappa shape index (κ3) is 6.47. The molecule has 2 fully saturated rings. The van der Waals surface area contributed by atoms with Crippen molar-refractivity contribution in [3.8, 4) is 22.8 Å². The Morgan fingerprint density at radius 1 is 1.02 bits per heavy atom. The lowest BCUT2D eigenvalue weighted by Gasteiger charge is -2.51. The first-order valence-electron chi connectivity index (χ1n) is 16.3. The number of fused-ring (bicyclic) bond motifs is 6. The molecule has 1 aromatic carbocycles. The summed E-state index contributed by atoms with van der Waals surface area (Å²) in [5, 5.41) is 11.4. The number of piperidine rings is 2. The summed E-state index contributed by atoms with van der Waals surface area (Å²) < 4.78 is 18.6. The molecule has 3 aliphatic rings. The first kappa shape index (κ1) is 31.6. The lowest BCUT2D eigenvalue weighted by molar-refractivity contribution is -0.140. The number of nitrogens with one attached hydrogen (secondary N) is 1. The summed E-state index contributed by atoms with van der Waals surface area (Å²) in [7, 11) is 5.11. The van der Waals surface area contributed by atoms with E-state index in [9.17, 15) is 14.4 Å². The molecule has 0 aliphatic carbocycles. The van der Waals surface area contributed by atoms with Gasteiger partial charge in [-0.3, -0.25) is 19.1 Å². The number of methoxy groups -OCH3 is 2. The summed E-state index contributed by atoms with van der Waals surface area (Å²) >= 11 is 0. The fraction of sp³-hybridized carbons (Fsp3) is 0.559. The van der Waals surface area contributed by atoms with E-state index < -0.39 is 0 Å². The Morgan fingerprint density at radius 2 is 1.87 bits per heavy atom. The zero-order valence-electron chi connectivity index (χ0n) is 27.2. The van der Waals surface area contributed by atoms with Crippen LogP contribution in [0.4, 0.5) is 0 Å². The van der Waals surface area contributed by atoms with Gasteiger partial charge in [-0.25, -0.2) is 0 Å².